The second-order valence-corrected chi connectivity index (χ2v) is 6.90. The topological polar surface area (TPSA) is 71.7 Å². The summed E-state index contributed by atoms with van der Waals surface area (Å²) in [5.41, 5.74) is 3.15. The van der Waals surface area contributed by atoms with Crippen LogP contribution in [-0.4, -0.2) is 37.9 Å². The number of rotatable bonds is 8. The van der Waals surface area contributed by atoms with Crippen molar-refractivity contribution in [2.75, 3.05) is 26.7 Å². The molecule has 0 aliphatic heterocycles. The highest BCUT2D eigenvalue weighted by Gasteiger charge is 2.16. The van der Waals surface area contributed by atoms with E-state index in [1.807, 2.05) is 32.0 Å². The molecule has 28 heavy (non-hydrogen) atoms. The number of aryl methyl sites for hydroxylation is 2. The van der Waals surface area contributed by atoms with E-state index in [1.165, 1.54) is 0 Å². The fourth-order valence-electron chi connectivity index (χ4n) is 3.03. The zero-order chi connectivity index (χ0) is 19.8. The van der Waals surface area contributed by atoms with Gasteiger partial charge in [0.2, 0.25) is 0 Å². The van der Waals surface area contributed by atoms with Crippen LogP contribution in [0.4, 0.5) is 0 Å². The smallest absolute Gasteiger partial charge is 0.191 e. The molecule has 1 unspecified atom stereocenters. The van der Waals surface area contributed by atoms with E-state index in [9.17, 15) is 0 Å². The molecule has 0 amide bonds. The molecule has 8 heteroatoms. The number of benzene rings is 1. The Morgan fingerprint density at radius 1 is 1.32 bits per heavy atom. The van der Waals surface area contributed by atoms with Crippen molar-refractivity contribution in [2.45, 2.75) is 40.0 Å². The zero-order valence-electron chi connectivity index (χ0n) is 17.1. The lowest BCUT2D eigenvalue weighted by atomic mass is 10.00. The molecule has 1 atom stereocenters. The molecule has 2 rings (SSSR count). The summed E-state index contributed by atoms with van der Waals surface area (Å²) < 4.78 is 10.4. The first kappa shape index (κ1) is 24.6. The van der Waals surface area contributed by atoms with Crippen molar-refractivity contribution < 1.29 is 9.26 Å². The fraction of sp³-hybridized carbons (Fsp3) is 0.500. The van der Waals surface area contributed by atoms with Gasteiger partial charge in [-0.25, -0.2) is 0 Å². The molecule has 2 aromatic rings. The maximum Gasteiger partial charge on any atom is 0.191 e. The minimum Gasteiger partial charge on any atom is -0.497 e. The van der Waals surface area contributed by atoms with Gasteiger partial charge < -0.3 is 19.9 Å². The minimum atomic E-state index is 0. The maximum atomic E-state index is 6.31. The molecule has 156 valence electrons. The summed E-state index contributed by atoms with van der Waals surface area (Å²) in [6.45, 7) is 10.3. The number of guanidine groups is 1. The van der Waals surface area contributed by atoms with Gasteiger partial charge in [0.25, 0.3) is 0 Å². The number of hydrogen-bond donors (Lipinski definition) is 2. The monoisotopic (exact) mass is 520 g/mol. The number of aromatic nitrogens is 1. The van der Waals surface area contributed by atoms with E-state index in [0.29, 0.717) is 11.6 Å². The summed E-state index contributed by atoms with van der Waals surface area (Å²) in [5.74, 6) is 2.66. The van der Waals surface area contributed by atoms with Gasteiger partial charge in [-0.2, -0.15) is 0 Å². The van der Waals surface area contributed by atoms with E-state index in [2.05, 4.69) is 29.6 Å². The molecule has 0 fully saturated rings. The van der Waals surface area contributed by atoms with E-state index < -0.39 is 0 Å². The second-order valence-electron chi connectivity index (χ2n) is 6.49. The first-order valence-corrected chi connectivity index (χ1v) is 9.61. The van der Waals surface area contributed by atoms with Crippen molar-refractivity contribution in [1.82, 2.24) is 15.8 Å². The van der Waals surface area contributed by atoms with E-state index in [4.69, 9.17) is 25.9 Å². The molecule has 2 N–H and O–H groups in total. The number of ether oxygens (including phenoxy) is 1. The third-order valence-corrected chi connectivity index (χ3v) is 4.75. The zero-order valence-corrected chi connectivity index (χ0v) is 20.2. The van der Waals surface area contributed by atoms with Crippen LogP contribution in [0.5, 0.6) is 5.75 Å². The third-order valence-electron chi connectivity index (χ3n) is 4.40. The number of nitrogens with zero attached hydrogens (tertiary/aromatic N) is 2. The lowest BCUT2D eigenvalue weighted by molar-refractivity contribution is 0.391. The summed E-state index contributed by atoms with van der Waals surface area (Å²) in [5, 5.41) is 11.4. The van der Waals surface area contributed by atoms with Gasteiger partial charge >= 0.3 is 0 Å². The van der Waals surface area contributed by atoms with Crippen molar-refractivity contribution in [3.8, 4) is 5.75 Å². The van der Waals surface area contributed by atoms with Gasteiger partial charge in [-0.05, 0) is 44.9 Å². The number of aliphatic imine (C=N–C) groups is 1. The number of hydrogen-bond acceptors (Lipinski definition) is 4. The van der Waals surface area contributed by atoms with E-state index in [-0.39, 0.29) is 29.9 Å². The Labute approximate surface area is 189 Å². The molecular formula is C20H30ClIN4O2. The summed E-state index contributed by atoms with van der Waals surface area (Å²) in [4.78, 5) is 4.70. The molecule has 1 aromatic heterocycles. The molecule has 0 aliphatic carbocycles. The van der Waals surface area contributed by atoms with Crippen molar-refractivity contribution >= 4 is 41.5 Å². The maximum absolute atomic E-state index is 6.31. The first-order valence-electron chi connectivity index (χ1n) is 9.23. The van der Waals surface area contributed by atoms with Crippen LogP contribution >= 0.6 is 35.6 Å². The summed E-state index contributed by atoms with van der Waals surface area (Å²) in [6, 6.07) is 5.75. The highest BCUT2D eigenvalue weighted by atomic mass is 127. The number of methoxy groups -OCH3 is 1. The predicted octanol–water partition coefficient (Wildman–Crippen LogP) is 4.47. The summed E-state index contributed by atoms with van der Waals surface area (Å²) >= 11 is 6.31. The number of nitrogens with one attached hydrogen (secondary N) is 2. The molecule has 0 aliphatic rings. The molecule has 1 heterocycles. The van der Waals surface area contributed by atoms with E-state index in [1.54, 1.807) is 7.11 Å². The first-order chi connectivity index (χ1) is 13.0. The van der Waals surface area contributed by atoms with Gasteiger partial charge in [0.1, 0.15) is 11.5 Å². The van der Waals surface area contributed by atoms with Gasteiger partial charge in [0.15, 0.2) is 5.96 Å². The average Bonchev–Trinajstić information content (AvgIpc) is 2.99. The Bertz CT molecular complexity index is 760. The Morgan fingerprint density at radius 3 is 2.64 bits per heavy atom. The second kappa shape index (κ2) is 12.2. The third kappa shape index (κ3) is 6.84. The molecule has 0 saturated carbocycles. The van der Waals surface area contributed by atoms with Crippen LogP contribution < -0.4 is 15.4 Å². The summed E-state index contributed by atoms with van der Waals surface area (Å²) in [6.07, 6.45) is 0.798. The van der Waals surface area contributed by atoms with Crippen LogP contribution in [0.25, 0.3) is 0 Å². The van der Waals surface area contributed by atoms with Gasteiger partial charge in [0.05, 0.1) is 12.8 Å². The van der Waals surface area contributed by atoms with Crippen LogP contribution in [0.3, 0.4) is 0 Å². The van der Waals surface area contributed by atoms with Crippen LogP contribution in [0.2, 0.25) is 5.02 Å². The Kier molecular flexibility index (Phi) is 10.7. The Balaban J connectivity index is 0.00000392. The SMILES string of the molecule is CCNC(=NCC(C)c1c(C)noc1C)NCCc1ccc(OC)cc1Cl.I. The molecule has 0 radical (unpaired) electrons. The lowest BCUT2D eigenvalue weighted by Crippen LogP contribution is -2.38. The molecule has 0 spiro atoms. The van der Waals surface area contributed by atoms with Crippen molar-refractivity contribution in [3.05, 3.63) is 45.8 Å². The predicted molar refractivity (Wildman–Crippen MR) is 125 cm³/mol. The van der Waals surface area contributed by atoms with Crippen LogP contribution in [0.15, 0.2) is 27.7 Å². The van der Waals surface area contributed by atoms with Crippen LogP contribution in [-0.2, 0) is 6.42 Å². The van der Waals surface area contributed by atoms with Gasteiger partial charge in [-0.3, -0.25) is 4.99 Å². The van der Waals surface area contributed by atoms with Gasteiger partial charge in [-0.15, -0.1) is 24.0 Å². The molecular weight excluding hydrogens is 491 g/mol. The normalized spacial score (nSPS) is 12.3. The molecule has 6 nitrogen and oxygen atoms in total. The number of halogens is 2. The molecule has 1 aromatic carbocycles. The van der Waals surface area contributed by atoms with Crippen LogP contribution in [0.1, 0.15) is 42.3 Å². The largest absolute Gasteiger partial charge is 0.497 e. The Hall–Kier alpha value is -1.48. The molecule has 0 saturated heterocycles. The van der Waals surface area contributed by atoms with Crippen molar-refractivity contribution in [3.63, 3.8) is 0 Å². The fourth-order valence-corrected chi connectivity index (χ4v) is 3.29. The molecule has 0 bridgehead atoms. The minimum absolute atomic E-state index is 0. The van der Waals surface area contributed by atoms with E-state index >= 15 is 0 Å². The standard InChI is InChI=1S/C20H29ClN4O2.HI/c1-6-22-20(24-12-13(2)19-14(3)25-27-15(19)4)23-10-9-16-7-8-17(26-5)11-18(16)21;/h7-8,11,13H,6,9-10,12H2,1-5H3,(H2,22,23,24);1H. The average molecular weight is 521 g/mol. The highest BCUT2D eigenvalue weighted by Crippen LogP contribution is 2.23. The highest BCUT2D eigenvalue weighted by molar-refractivity contribution is 14.0. The van der Waals surface area contributed by atoms with Crippen LogP contribution in [0, 0.1) is 13.8 Å². The summed E-state index contributed by atoms with van der Waals surface area (Å²) in [7, 11) is 1.63. The van der Waals surface area contributed by atoms with Gasteiger partial charge in [0, 0.05) is 36.1 Å². The van der Waals surface area contributed by atoms with Crippen molar-refractivity contribution in [2.24, 2.45) is 4.99 Å². The lowest BCUT2D eigenvalue weighted by Gasteiger charge is -2.14. The van der Waals surface area contributed by atoms with E-state index in [0.717, 1.165) is 53.8 Å². The Morgan fingerprint density at radius 2 is 2.07 bits per heavy atom. The van der Waals surface area contributed by atoms with Gasteiger partial charge in [-0.1, -0.05) is 29.7 Å². The van der Waals surface area contributed by atoms with Crippen molar-refractivity contribution in [1.29, 1.82) is 0 Å². The quantitative estimate of drug-likeness (QED) is 0.305.